The molecule has 0 heterocycles. The molecule has 0 spiro atoms. The minimum atomic E-state index is 0.414. The van der Waals surface area contributed by atoms with Crippen molar-refractivity contribution in [3.63, 3.8) is 0 Å². The minimum absolute atomic E-state index is 0.414. The molecule has 2 nitrogen and oxygen atoms in total. The van der Waals surface area contributed by atoms with Crippen molar-refractivity contribution < 1.29 is 4.74 Å². The Morgan fingerprint density at radius 2 is 1.88 bits per heavy atom. The van der Waals surface area contributed by atoms with Crippen LogP contribution in [0.15, 0.2) is 24.3 Å². The normalized spacial score (nSPS) is 24.6. The van der Waals surface area contributed by atoms with Gasteiger partial charge in [0, 0.05) is 6.54 Å². The second-order valence-electron chi connectivity index (χ2n) is 4.96. The first-order valence-corrected chi connectivity index (χ1v) is 6.79. The lowest BCUT2D eigenvalue weighted by atomic mass is 9.85. The van der Waals surface area contributed by atoms with Gasteiger partial charge in [-0.05, 0) is 49.3 Å². The summed E-state index contributed by atoms with van der Waals surface area (Å²) in [6.45, 7) is 2.87. The third-order valence-electron chi connectivity index (χ3n) is 3.81. The van der Waals surface area contributed by atoms with Crippen LogP contribution >= 0.6 is 0 Å². The van der Waals surface area contributed by atoms with Crippen LogP contribution in [0.3, 0.4) is 0 Å². The quantitative estimate of drug-likeness (QED) is 0.864. The summed E-state index contributed by atoms with van der Waals surface area (Å²) in [5.74, 6) is 1.73. The van der Waals surface area contributed by atoms with E-state index in [0.717, 1.165) is 17.2 Å². The zero-order valence-corrected chi connectivity index (χ0v) is 10.7. The number of nitrogens with two attached hydrogens (primary N) is 1. The summed E-state index contributed by atoms with van der Waals surface area (Å²) in [6.07, 6.45) is 6.84. The van der Waals surface area contributed by atoms with Crippen molar-refractivity contribution >= 4 is 0 Å². The molecule has 0 amide bonds. The van der Waals surface area contributed by atoms with E-state index in [-0.39, 0.29) is 0 Å². The van der Waals surface area contributed by atoms with Crippen molar-refractivity contribution in [3.05, 3.63) is 29.8 Å². The molecule has 0 aliphatic heterocycles. The van der Waals surface area contributed by atoms with Gasteiger partial charge in [-0.15, -0.1) is 0 Å². The van der Waals surface area contributed by atoms with Gasteiger partial charge in [-0.25, -0.2) is 0 Å². The van der Waals surface area contributed by atoms with E-state index in [9.17, 15) is 0 Å². The maximum absolute atomic E-state index is 6.12. The zero-order chi connectivity index (χ0) is 12.1. The summed E-state index contributed by atoms with van der Waals surface area (Å²) < 4.78 is 6.12. The van der Waals surface area contributed by atoms with Crippen LogP contribution in [0, 0.1) is 5.92 Å². The number of hydrogen-bond acceptors (Lipinski definition) is 2. The van der Waals surface area contributed by atoms with E-state index in [1.54, 1.807) is 0 Å². The average Bonchev–Trinajstić information content (AvgIpc) is 2.40. The van der Waals surface area contributed by atoms with Crippen LogP contribution in [0.5, 0.6) is 5.75 Å². The van der Waals surface area contributed by atoms with Crippen LogP contribution < -0.4 is 10.5 Å². The highest BCUT2D eigenvalue weighted by molar-refractivity contribution is 5.27. The first-order valence-electron chi connectivity index (χ1n) is 6.79. The Hall–Kier alpha value is -1.02. The molecule has 0 aromatic heterocycles. The molecule has 1 aromatic rings. The smallest absolute Gasteiger partial charge is 0.119 e. The lowest BCUT2D eigenvalue weighted by Gasteiger charge is -2.31. The standard InChI is InChI=1S/C15H23NO/c1-2-13-5-3-4-6-15(13)17-14-9-7-12(11-16)8-10-14/h7-10,13,15H,2-6,11,16H2,1H3. The SMILES string of the molecule is CCC1CCCCC1Oc1ccc(CN)cc1. The third kappa shape index (κ3) is 3.22. The molecule has 1 fully saturated rings. The Kier molecular flexibility index (Phi) is 4.43. The van der Waals surface area contributed by atoms with Gasteiger partial charge >= 0.3 is 0 Å². The highest BCUT2D eigenvalue weighted by Gasteiger charge is 2.25. The van der Waals surface area contributed by atoms with Crippen LogP contribution in [0.25, 0.3) is 0 Å². The minimum Gasteiger partial charge on any atom is -0.490 e. The van der Waals surface area contributed by atoms with Crippen LogP contribution in [0.2, 0.25) is 0 Å². The van der Waals surface area contributed by atoms with Crippen molar-refractivity contribution in [1.29, 1.82) is 0 Å². The summed E-state index contributed by atoms with van der Waals surface area (Å²) in [5.41, 5.74) is 6.75. The number of benzene rings is 1. The van der Waals surface area contributed by atoms with Gasteiger partial charge in [0.15, 0.2) is 0 Å². The maximum atomic E-state index is 6.12. The average molecular weight is 233 g/mol. The number of rotatable bonds is 4. The van der Waals surface area contributed by atoms with Gasteiger partial charge < -0.3 is 10.5 Å². The number of ether oxygens (including phenoxy) is 1. The van der Waals surface area contributed by atoms with Gasteiger partial charge in [0.1, 0.15) is 11.9 Å². The van der Waals surface area contributed by atoms with Crippen molar-refractivity contribution in [1.82, 2.24) is 0 Å². The molecular formula is C15H23NO. The molecule has 2 N–H and O–H groups in total. The van der Waals surface area contributed by atoms with Gasteiger partial charge in [0.25, 0.3) is 0 Å². The molecule has 1 saturated carbocycles. The molecule has 1 aromatic carbocycles. The lowest BCUT2D eigenvalue weighted by molar-refractivity contribution is 0.0904. The van der Waals surface area contributed by atoms with Crippen molar-refractivity contribution in [2.75, 3.05) is 0 Å². The van der Waals surface area contributed by atoms with Gasteiger partial charge in [0.05, 0.1) is 0 Å². The monoisotopic (exact) mass is 233 g/mol. The van der Waals surface area contributed by atoms with E-state index in [4.69, 9.17) is 10.5 Å². The molecule has 94 valence electrons. The molecule has 1 aliphatic rings. The Bertz CT molecular complexity index is 333. The summed E-state index contributed by atoms with van der Waals surface area (Å²) in [4.78, 5) is 0. The molecule has 17 heavy (non-hydrogen) atoms. The molecule has 2 rings (SSSR count). The fraction of sp³-hybridized carbons (Fsp3) is 0.600. The molecule has 0 bridgehead atoms. The summed E-state index contributed by atoms with van der Waals surface area (Å²) in [6, 6.07) is 8.20. The third-order valence-corrected chi connectivity index (χ3v) is 3.81. The first-order chi connectivity index (χ1) is 8.33. The fourth-order valence-corrected chi connectivity index (χ4v) is 2.67. The Labute approximate surface area is 104 Å². The zero-order valence-electron chi connectivity index (χ0n) is 10.7. The highest BCUT2D eigenvalue weighted by atomic mass is 16.5. The number of hydrogen-bond donors (Lipinski definition) is 1. The molecule has 2 atom stereocenters. The predicted octanol–water partition coefficient (Wildman–Crippen LogP) is 3.49. The largest absolute Gasteiger partial charge is 0.490 e. The Morgan fingerprint density at radius 1 is 1.18 bits per heavy atom. The van der Waals surface area contributed by atoms with Crippen LogP contribution in [-0.4, -0.2) is 6.10 Å². The summed E-state index contributed by atoms with van der Waals surface area (Å²) in [5, 5.41) is 0. The van der Waals surface area contributed by atoms with Gasteiger partial charge in [-0.1, -0.05) is 25.5 Å². The Morgan fingerprint density at radius 3 is 2.53 bits per heavy atom. The highest BCUT2D eigenvalue weighted by Crippen LogP contribution is 2.30. The van der Waals surface area contributed by atoms with Crippen LogP contribution in [0.1, 0.15) is 44.6 Å². The second-order valence-corrected chi connectivity index (χ2v) is 4.96. The fourth-order valence-electron chi connectivity index (χ4n) is 2.67. The van der Waals surface area contributed by atoms with E-state index < -0.39 is 0 Å². The van der Waals surface area contributed by atoms with Crippen LogP contribution in [0.4, 0.5) is 0 Å². The molecule has 0 radical (unpaired) electrons. The topological polar surface area (TPSA) is 35.2 Å². The van der Waals surface area contributed by atoms with E-state index in [1.807, 2.05) is 12.1 Å². The van der Waals surface area contributed by atoms with Gasteiger partial charge in [-0.2, -0.15) is 0 Å². The molecular weight excluding hydrogens is 210 g/mol. The van der Waals surface area contributed by atoms with Crippen LogP contribution in [-0.2, 0) is 6.54 Å². The Balaban J connectivity index is 1.98. The van der Waals surface area contributed by atoms with E-state index in [0.29, 0.717) is 12.6 Å². The van der Waals surface area contributed by atoms with Crippen molar-refractivity contribution in [2.45, 2.75) is 51.7 Å². The summed E-state index contributed by atoms with van der Waals surface area (Å²) >= 11 is 0. The molecule has 0 saturated heterocycles. The molecule has 2 heteroatoms. The van der Waals surface area contributed by atoms with E-state index >= 15 is 0 Å². The van der Waals surface area contributed by atoms with E-state index in [2.05, 4.69) is 19.1 Å². The van der Waals surface area contributed by atoms with Gasteiger partial charge in [-0.3, -0.25) is 0 Å². The van der Waals surface area contributed by atoms with Crippen molar-refractivity contribution in [3.8, 4) is 5.75 Å². The predicted molar refractivity (Wildman–Crippen MR) is 71.0 cm³/mol. The second kappa shape index (κ2) is 6.06. The first kappa shape index (κ1) is 12.4. The molecule has 2 unspecified atom stereocenters. The molecule has 1 aliphatic carbocycles. The van der Waals surface area contributed by atoms with E-state index in [1.165, 1.54) is 32.1 Å². The lowest BCUT2D eigenvalue weighted by Crippen LogP contribution is -2.29. The van der Waals surface area contributed by atoms with Crippen molar-refractivity contribution in [2.24, 2.45) is 11.7 Å². The van der Waals surface area contributed by atoms with Gasteiger partial charge in [0.2, 0.25) is 0 Å². The summed E-state index contributed by atoms with van der Waals surface area (Å²) in [7, 11) is 0. The maximum Gasteiger partial charge on any atom is 0.119 e.